The van der Waals surface area contributed by atoms with Crippen molar-refractivity contribution >= 4 is 5.69 Å². The number of rotatable bonds is 6. The van der Waals surface area contributed by atoms with E-state index in [1.165, 1.54) is 19.3 Å². The van der Waals surface area contributed by atoms with Gasteiger partial charge in [0.15, 0.2) is 0 Å². The minimum Gasteiger partial charge on any atom is -0.371 e. The average Bonchev–Trinajstić information content (AvgIpc) is 2.49. The maximum absolute atomic E-state index is 14.1. The molecule has 1 atom stereocenters. The summed E-state index contributed by atoms with van der Waals surface area (Å²) < 4.78 is 14.1. The van der Waals surface area contributed by atoms with Gasteiger partial charge in [0.05, 0.1) is 0 Å². The van der Waals surface area contributed by atoms with Gasteiger partial charge in [-0.15, -0.1) is 0 Å². The SMILES string of the molecule is CCCNCc1c(F)cccc1N1CCCC(CC)C1. The smallest absolute Gasteiger partial charge is 0.129 e. The van der Waals surface area contributed by atoms with Crippen LogP contribution in [0.25, 0.3) is 0 Å². The Morgan fingerprint density at radius 3 is 2.95 bits per heavy atom. The number of halogens is 1. The van der Waals surface area contributed by atoms with Gasteiger partial charge in [0.2, 0.25) is 0 Å². The van der Waals surface area contributed by atoms with E-state index in [1.807, 2.05) is 6.07 Å². The summed E-state index contributed by atoms with van der Waals surface area (Å²) in [5.74, 6) is 0.674. The number of nitrogens with one attached hydrogen (secondary N) is 1. The molecule has 20 heavy (non-hydrogen) atoms. The Morgan fingerprint density at radius 2 is 2.20 bits per heavy atom. The maximum Gasteiger partial charge on any atom is 0.129 e. The lowest BCUT2D eigenvalue weighted by Crippen LogP contribution is -2.36. The van der Waals surface area contributed by atoms with Crippen molar-refractivity contribution in [1.29, 1.82) is 0 Å². The molecule has 2 nitrogen and oxygen atoms in total. The molecule has 0 aliphatic carbocycles. The van der Waals surface area contributed by atoms with Crippen LogP contribution in [0.3, 0.4) is 0 Å². The predicted octanol–water partition coefficient (Wildman–Crippen LogP) is 3.95. The second-order valence-electron chi connectivity index (χ2n) is 5.78. The standard InChI is InChI=1S/C17H27FN2/c1-3-10-19-12-15-16(18)8-5-9-17(15)20-11-6-7-14(4-2)13-20/h5,8-9,14,19H,3-4,6-7,10-13H2,1-2H3. The fourth-order valence-electron chi connectivity index (χ4n) is 3.03. The largest absolute Gasteiger partial charge is 0.371 e. The van der Waals surface area contributed by atoms with Gasteiger partial charge in [-0.3, -0.25) is 0 Å². The number of anilines is 1. The Kier molecular flexibility index (Phi) is 5.84. The van der Waals surface area contributed by atoms with Crippen LogP contribution in [0, 0.1) is 11.7 Å². The summed E-state index contributed by atoms with van der Waals surface area (Å²) in [4.78, 5) is 2.38. The number of benzene rings is 1. The highest BCUT2D eigenvalue weighted by Gasteiger charge is 2.21. The van der Waals surface area contributed by atoms with Crippen LogP contribution in [0.1, 0.15) is 45.1 Å². The van der Waals surface area contributed by atoms with Crippen LogP contribution in [-0.4, -0.2) is 19.6 Å². The van der Waals surface area contributed by atoms with Crippen molar-refractivity contribution in [2.45, 2.75) is 46.1 Å². The Hall–Kier alpha value is -1.09. The van der Waals surface area contributed by atoms with Crippen molar-refractivity contribution in [1.82, 2.24) is 5.32 Å². The molecular weight excluding hydrogens is 251 g/mol. The van der Waals surface area contributed by atoms with E-state index >= 15 is 0 Å². The van der Waals surface area contributed by atoms with E-state index in [1.54, 1.807) is 6.07 Å². The zero-order valence-corrected chi connectivity index (χ0v) is 12.8. The highest BCUT2D eigenvalue weighted by Crippen LogP contribution is 2.29. The van der Waals surface area contributed by atoms with E-state index in [9.17, 15) is 4.39 Å². The Morgan fingerprint density at radius 1 is 1.35 bits per heavy atom. The molecule has 1 unspecified atom stereocenters. The second kappa shape index (κ2) is 7.63. The third kappa shape index (κ3) is 3.72. The molecule has 0 bridgehead atoms. The summed E-state index contributed by atoms with van der Waals surface area (Å²) >= 11 is 0. The van der Waals surface area contributed by atoms with Crippen LogP contribution < -0.4 is 10.2 Å². The molecule has 1 aromatic carbocycles. The van der Waals surface area contributed by atoms with E-state index in [4.69, 9.17) is 0 Å². The van der Waals surface area contributed by atoms with Gasteiger partial charge >= 0.3 is 0 Å². The zero-order valence-electron chi connectivity index (χ0n) is 12.8. The lowest BCUT2D eigenvalue weighted by atomic mass is 9.94. The minimum absolute atomic E-state index is 0.0790. The normalized spacial score (nSPS) is 19.4. The van der Waals surface area contributed by atoms with Crippen molar-refractivity contribution in [3.05, 3.63) is 29.6 Å². The van der Waals surface area contributed by atoms with Gasteiger partial charge in [0.25, 0.3) is 0 Å². The molecule has 1 aliphatic heterocycles. The van der Waals surface area contributed by atoms with Crippen LogP contribution in [0.15, 0.2) is 18.2 Å². The number of hydrogen-bond donors (Lipinski definition) is 1. The average molecular weight is 278 g/mol. The molecule has 3 heteroatoms. The van der Waals surface area contributed by atoms with Gasteiger partial charge in [-0.2, -0.15) is 0 Å². The van der Waals surface area contributed by atoms with Crippen molar-refractivity contribution in [3.8, 4) is 0 Å². The summed E-state index contributed by atoms with van der Waals surface area (Å²) in [6, 6.07) is 5.49. The summed E-state index contributed by atoms with van der Waals surface area (Å²) in [6.45, 7) is 8.07. The maximum atomic E-state index is 14.1. The van der Waals surface area contributed by atoms with Crippen LogP contribution in [0.5, 0.6) is 0 Å². The Balaban J connectivity index is 2.15. The van der Waals surface area contributed by atoms with E-state index in [2.05, 4.69) is 30.1 Å². The first-order valence-electron chi connectivity index (χ1n) is 7.99. The molecule has 0 saturated carbocycles. The van der Waals surface area contributed by atoms with Gasteiger partial charge in [-0.05, 0) is 43.9 Å². The third-order valence-corrected chi connectivity index (χ3v) is 4.26. The van der Waals surface area contributed by atoms with E-state index in [-0.39, 0.29) is 5.82 Å². The lowest BCUT2D eigenvalue weighted by molar-refractivity contribution is 0.403. The molecule has 0 radical (unpaired) electrons. The number of hydrogen-bond acceptors (Lipinski definition) is 2. The van der Waals surface area contributed by atoms with Gasteiger partial charge in [0.1, 0.15) is 5.82 Å². The van der Waals surface area contributed by atoms with Crippen LogP contribution >= 0.6 is 0 Å². The summed E-state index contributed by atoms with van der Waals surface area (Å²) in [5, 5.41) is 3.33. The predicted molar refractivity (Wildman–Crippen MR) is 83.6 cm³/mol. The first-order valence-corrected chi connectivity index (χ1v) is 7.99. The first-order chi connectivity index (χ1) is 9.76. The number of piperidine rings is 1. The number of nitrogens with zero attached hydrogens (tertiary/aromatic N) is 1. The quantitative estimate of drug-likeness (QED) is 0.793. The molecule has 112 valence electrons. The van der Waals surface area contributed by atoms with Crippen LogP contribution in [0.2, 0.25) is 0 Å². The molecule has 1 saturated heterocycles. The molecule has 1 fully saturated rings. The van der Waals surface area contributed by atoms with Crippen molar-refractivity contribution in [2.24, 2.45) is 5.92 Å². The fraction of sp³-hybridized carbons (Fsp3) is 0.647. The molecular formula is C17H27FN2. The summed E-state index contributed by atoms with van der Waals surface area (Å²) in [6.07, 6.45) is 4.82. The van der Waals surface area contributed by atoms with E-state index < -0.39 is 0 Å². The van der Waals surface area contributed by atoms with E-state index in [0.717, 1.165) is 43.2 Å². The second-order valence-corrected chi connectivity index (χ2v) is 5.78. The zero-order chi connectivity index (χ0) is 14.4. The minimum atomic E-state index is -0.0790. The van der Waals surface area contributed by atoms with Gasteiger partial charge < -0.3 is 10.2 Å². The lowest BCUT2D eigenvalue weighted by Gasteiger charge is -2.35. The van der Waals surface area contributed by atoms with Crippen LogP contribution in [-0.2, 0) is 6.54 Å². The highest BCUT2D eigenvalue weighted by atomic mass is 19.1. The van der Waals surface area contributed by atoms with Crippen molar-refractivity contribution in [2.75, 3.05) is 24.5 Å². The highest BCUT2D eigenvalue weighted by molar-refractivity contribution is 5.54. The first kappa shape index (κ1) is 15.3. The molecule has 2 rings (SSSR count). The summed E-state index contributed by atoms with van der Waals surface area (Å²) in [7, 11) is 0. The molecule has 1 heterocycles. The molecule has 1 N–H and O–H groups in total. The Bertz CT molecular complexity index is 419. The van der Waals surface area contributed by atoms with E-state index in [0.29, 0.717) is 6.54 Å². The van der Waals surface area contributed by atoms with Gasteiger partial charge in [-0.1, -0.05) is 26.3 Å². The van der Waals surface area contributed by atoms with Crippen molar-refractivity contribution < 1.29 is 4.39 Å². The fourth-order valence-corrected chi connectivity index (χ4v) is 3.03. The topological polar surface area (TPSA) is 15.3 Å². The van der Waals surface area contributed by atoms with Gasteiger partial charge in [0, 0.05) is 30.9 Å². The van der Waals surface area contributed by atoms with Crippen LogP contribution in [0.4, 0.5) is 10.1 Å². The third-order valence-electron chi connectivity index (χ3n) is 4.26. The molecule has 1 aromatic rings. The molecule has 0 aromatic heterocycles. The Labute approximate surface area is 122 Å². The van der Waals surface area contributed by atoms with Crippen molar-refractivity contribution in [3.63, 3.8) is 0 Å². The molecule has 0 spiro atoms. The van der Waals surface area contributed by atoms with Gasteiger partial charge in [-0.25, -0.2) is 4.39 Å². The molecule has 0 amide bonds. The summed E-state index contributed by atoms with van der Waals surface area (Å²) in [5.41, 5.74) is 1.92. The monoisotopic (exact) mass is 278 g/mol. The molecule has 1 aliphatic rings.